The van der Waals surface area contributed by atoms with Crippen LogP contribution in [0.25, 0.3) is 0 Å². The summed E-state index contributed by atoms with van der Waals surface area (Å²) in [5.74, 6) is 1.17. The van der Waals surface area contributed by atoms with Gasteiger partial charge in [-0.25, -0.2) is 4.98 Å². The molecule has 2 rings (SSSR count). The van der Waals surface area contributed by atoms with Crippen LogP contribution in [-0.2, 0) is 6.42 Å². The summed E-state index contributed by atoms with van der Waals surface area (Å²) in [4.78, 5) is 15.9. The van der Waals surface area contributed by atoms with E-state index in [1.807, 2.05) is 6.92 Å². The predicted molar refractivity (Wildman–Crippen MR) is 70.7 cm³/mol. The molecule has 0 saturated heterocycles. The van der Waals surface area contributed by atoms with Crippen LogP contribution in [0.3, 0.4) is 0 Å². The third-order valence-electron chi connectivity index (χ3n) is 3.85. The smallest absolute Gasteiger partial charge is 0.291 e. The van der Waals surface area contributed by atoms with Gasteiger partial charge in [0.15, 0.2) is 0 Å². The topological polar surface area (TPSA) is 90.9 Å². The highest BCUT2D eigenvalue weighted by molar-refractivity contribution is 5.90. The number of aromatic nitrogens is 3. The monoisotopic (exact) mass is 266 g/mol. The predicted octanol–water partition coefficient (Wildman–Crippen LogP) is 1.04. The van der Waals surface area contributed by atoms with E-state index >= 15 is 0 Å². The molecule has 1 fully saturated rings. The van der Waals surface area contributed by atoms with E-state index in [1.54, 1.807) is 0 Å². The van der Waals surface area contributed by atoms with E-state index in [1.165, 1.54) is 0 Å². The third-order valence-corrected chi connectivity index (χ3v) is 3.85. The molecular formula is C13H22N4O2. The van der Waals surface area contributed by atoms with Gasteiger partial charge >= 0.3 is 0 Å². The SMILES string of the molecule is CCc1nc(C(=O)NCC2(O)CCC(C)CC2)n[nH]1. The van der Waals surface area contributed by atoms with Crippen molar-refractivity contribution in [1.82, 2.24) is 20.5 Å². The van der Waals surface area contributed by atoms with Crippen LogP contribution < -0.4 is 5.32 Å². The normalized spacial score (nSPS) is 27.2. The van der Waals surface area contributed by atoms with Crippen molar-refractivity contribution >= 4 is 5.91 Å². The van der Waals surface area contributed by atoms with Crippen molar-refractivity contribution in [3.63, 3.8) is 0 Å². The average Bonchev–Trinajstić information content (AvgIpc) is 2.89. The van der Waals surface area contributed by atoms with Gasteiger partial charge in [0.25, 0.3) is 5.91 Å². The van der Waals surface area contributed by atoms with Crippen molar-refractivity contribution in [2.24, 2.45) is 5.92 Å². The fourth-order valence-electron chi connectivity index (χ4n) is 2.36. The molecule has 0 bridgehead atoms. The lowest BCUT2D eigenvalue weighted by molar-refractivity contribution is -0.00547. The zero-order chi connectivity index (χ0) is 13.9. The Hall–Kier alpha value is -1.43. The minimum atomic E-state index is -0.772. The molecule has 6 nitrogen and oxygen atoms in total. The molecule has 3 N–H and O–H groups in total. The lowest BCUT2D eigenvalue weighted by Crippen LogP contribution is -2.45. The van der Waals surface area contributed by atoms with Gasteiger partial charge in [0.05, 0.1) is 5.60 Å². The van der Waals surface area contributed by atoms with Crippen LogP contribution in [0.5, 0.6) is 0 Å². The summed E-state index contributed by atoms with van der Waals surface area (Å²) >= 11 is 0. The molecule has 0 aliphatic heterocycles. The summed E-state index contributed by atoms with van der Waals surface area (Å²) in [6, 6.07) is 0. The molecule has 0 unspecified atom stereocenters. The number of amides is 1. The first kappa shape index (κ1) is 14.0. The summed E-state index contributed by atoms with van der Waals surface area (Å²) in [6.07, 6.45) is 4.20. The Bertz CT molecular complexity index is 436. The van der Waals surface area contributed by atoms with Crippen molar-refractivity contribution in [1.29, 1.82) is 0 Å². The highest BCUT2D eigenvalue weighted by Gasteiger charge is 2.32. The molecule has 106 valence electrons. The minimum absolute atomic E-state index is 0.143. The summed E-state index contributed by atoms with van der Waals surface area (Å²) in [5, 5.41) is 19.7. The van der Waals surface area contributed by atoms with Gasteiger partial charge in [-0.1, -0.05) is 13.8 Å². The van der Waals surface area contributed by atoms with Gasteiger partial charge in [-0.3, -0.25) is 9.89 Å². The van der Waals surface area contributed by atoms with Gasteiger partial charge in [0.2, 0.25) is 5.82 Å². The highest BCUT2D eigenvalue weighted by Crippen LogP contribution is 2.31. The first-order valence-electron chi connectivity index (χ1n) is 6.94. The summed E-state index contributed by atoms with van der Waals surface area (Å²) < 4.78 is 0. The molecule has 1 heterocycles. The molecule has 0 spiro atoms. The molecular weight excluding hydrogens is 244 g/mol. The molecule has 1 amide bonds. The van der Waals surface area contributed by atoms with E-state index in [4.69, 9.17) is 0 Å². The quantitative estimate of drug-likeness (QED) is 0.759. The molecule has 1 aromatic heterocycles. The third kappa shape index (κ3) is 3.53. The second-order valence-electron chi connectivity index (χ2n) is 5.55. The molecule has 0 atom stereocenters. The Balaban J connectivity index is 1.86. The van der Waals surface area contributed by atoms with Crippen molar-refractivity contribution in [3.05, 3.63) is 11.6 Å². The van der Waals surface area contributed by atoms with Crippen molar-refractivity contribution in [2.45, 2.75) is 51.6 Å². The van der Waals surface area contributed by atoms with Crippen molar-refractivity contribution in [2.75, 3.05) is 6.54 Å². The van der Waals surface area contributed by atoms with Crippen LogP contribution >= 0.6 is 0 Å². The Morgan fingerprint density at radius 1 is 1.53 bits per heavy atom. The number of rotatable bonds is 4. The van der Waals surface area contributed by atoms with Gasteiger partial charge in [-0.15, -0.1) is 5.10 Å². The number of aliphatic hydroxyl groups is 1. The van der Waals surface area contributed by atoms with Crippen LogP contribution in [0.15, 0.2) is 0 Å². The maximum Gasteiger partial charge on any atom is 0.291 e. The fourth-order valence-corrected chi connectivity index (χ4v) is 2.36. The Morgan fingerprint density at radius 2 is 2.21 bits per heavy atom. The highest BCUT2D eigenvalue weighted by atomic mass is 16.3. The van der Waals surface area contributed by atoms with Gasteiger partial charge < -0.3 is 10.4 Å². The van der Waals surface area contributed by atoms with Crippen LogP contribution in [0.2, 0.25) is 0 Å². The molecule has 1 aromatic rings. The Kier molecular flexibility index (Phi) is 4.19. The molecule has 19 heavy (non-hydrogen) atoms. The number of carbonyl (C=O) groups is 1. The lowest BCUT2D eigenvalue weighted by atomic mass is 9.79. The number of carbonyl (C=O) groups excluding carboxylic acids is 1. The average molecular weight is 266 g/mol. The number of aryl methyl sites for hydroxylation is 1. The summed E-state index contributed by atoms with van der Waals surface area (Å²) in [6.45, 7) is 4.40. The van der Waals surface area contributed by atoms with Crippen LogP contribution in [0.1, 0.15) is 56.0 Å². The molecule has 1 aliphatic carbocycles. The maximum absolute atomic E-state index is 11.9. The molecule has 1 saturated carbocycles. The number of nitrogens with zero attached hydrogens (tertiary/aromatic N) is 2. The first-order valence-corrected chi connectivity index (χ1v) is 6.94. The minimum Gasteiger partial charge on any atom is -0.388 e. The van der Waals surface area contributed by atoms with Gasteiger partial charge in [-0.2, -0.15) is 0 Å². The van der Waals surface area contributed by atoms with E-state index in [0.717, 1.165) is 25.7 Å². The Morgan fingerprint density at radius 3 is 2.79 bits per heavy atom. The number of H-pyrrole nitrogens is 1. The Labute approximate surface area is 113 Å². The number of aromatic amines is 1. The van der Waals surface area contributed by atoms with E-state index in [9.17, 15) is 9.90 Å². The standard InChI is InChI=1S/C13H22N4O2/c1-3-10-15-11(17-16-10)12(18)14-8-13(19)6-4-9(2)5-7-13/h9,19H,3-8H2,1-2H3,(H,14,18)(H,15,16,17). The number of nitrogens with one attached hydrogen (secondary N) is 2. The molecule has 0 aromatic carbocycles. The van der Waals surface area contributed by atoms with Gasteiger partial charge in [-0.05, 0) is 31.6 Å². The van der Waals surface area contributed by atoms with Gasteiger partial charge in [0, 0.05) is 13.0 Å². The zero-order valence-electron chi connectivity index (χ0n) is 11.6. The first-order chi connectivity index (χ1) is 9.02. The van der Waals surface area contributed by atoms with Gasteiger partial charge in [0.1, 0.15) is 5.82 Å². The van der Waals surface area contributed by atoms with Crippen LogP contribution in [-0.4, -0.2) is 38.3 Å². The molecule has 0 radical (unpaired) electrons. The van der Waals surface area contributed by atoms with Crippen molar-refractivity contribution in [3.8, 4) is 0 Å². The molecule has 6 heteroatoms. The lowest BCUT2D eigenvalue weighted by Gasteiger charge is -2.34. The fraction of sp³-hybridized carbons (Fsp3) is 0.769. The van der Waals surface area contributed by atoms with E-state index in [-0.39, 0.29) is 18.3 Å². The zero-order valence-corrected chi connectivity index (χ0v) is 11.6. The summed E-state index contributed by atoms with van der Waals surface area (Å²) in [5.41, 5.74) is -0.772. The van der Waals surface area contributed by atoms with E-state index in [0.29, 0.717) is 18.2 Å². The number of hydrogen-bond acceptors (Lipinski definition) is 4. The maximum atomic E-state index is 11.9. The van der Waals surface area contributed by atoms with Crippen LogP contribution in [0, 0.1) is 5.92 Å². The van der Waals surface area contributed by atoms with Crippen LogP contribution in [0.4, 0.5) is 0 Å². The number of hydrogen-bond donors (Lipinski definition) is 3. The second kappa shape index (κ2) is 5.69. The largest absolute Gasteiger partial charge is 0.388 e. The van der Waals surface area contributed by atoms with E-state index < -0.39 is 5.60 Å². The summed E-state index contributed by atoms with van der Waals surface area (Å²) in [7, 11) is 0. The molecule has 1 aliphatic rings. The second-order valence-corrected chi connectivity index (χ2v) is 5.55. The van der Waals surface area contributed by atoms with Crippen molar-refractivity contribution < 1.29 is 9.90 Å². The van der Waals surface area contributed by atoms with E-state index in [2.05, 4.69) is 27.4 Å².